The number of aromatic nitrogens is 2. The van der Waals surface area contributed by atoms with Gasteiger partial charge in [-0.05, 0) is 47.7 Å². The first-order valence-electron chi connectivity index (χ1n) is 15.2. The molecular weight excluding hydrogens is 629 g/mol. The van der Waals surface area contributed by atoms with E-state index in [1.807, 2.05) is 90.2 Å². The number of hydrogen-bond acceptors (Lipinski definition) is 10. The van der Waals surface area contributed by atoms with E-state index in [2.05, 4.69) is 28.2 Å². The minimum atomic E-state index is -0.272. The molecule has 13 heteroatoms. The lowest BCUT2D eigenvalue weighted by Gasteiger charge is -2.36. The average molecular weight is 665 g/mol. The second-order valence-electron chi connectivity index (χ2n) is 11.1. The maximum atomic E-state index is 14.3. The Bertz CT molecular complexity index is 1810. The third-order valence-electron chi connectivity index (χ3n) is 7.80. The Labute approximate surface area is 284 Å². The Kier molecular flexibility index (Phi) is 9.67. The summed E-state index contributed by atoms with van der Waals surface area (Å²) in [7, 11) is 5.11. The van der Waals surface area contributed by atoms with Crippen LogP contribution in [0, 0.1) is 0 Å². The number of methoxy groups -OCH3 is 2. The van der Waals surface area contributed by atoms with E-state index in [4.69, 9.17) is 14.5 Å². The van der Waals surface area contributed by atoms with Crippen molar-refractivity contribution in [1.82, 2.24) is 14.9 Å². The van der Waals surface area contributed by atoms with Crippen LogP contribution in [0.5, 0.6) is 11.5 Å². The molecule has 2 aliphatic rings. The van der Waals surface area contributed by atoms with E-state index in [0.717, 1.165) is 22.5 Å². The molecule has 2 N–H and O–H groups in total. The maximum absolute atomic E-state index is 14.3. The molecule has 48 heavy (non-hydrogen) atoms. The van der Waals surface area contributed by atoms with Crippen molar-refractivity contribution in [2.75, 3.05) is 52.4 Å². The molecule has 0 unspecified atom stereocenters. The minimum Gasteiger partial charge on any atom is -0.497 e. The minimum absolute atomic E-state index is 0.110. The average Bonchev–Trinajstić information content (AvgIpc) is 3.10. The summed E-state index contributed by atoms with van der Waals surface area (Å²) < 4.78 is 11.0. The Hall–Kier alpha value is -5.69. The first kappa shape index (κ1) is 32.3. The lowest BCUT2D eigenvalue weighted by atomic mass is 10.1. The van der Waals surface area contributed by atoms with E-state index < -0.39 is 0 Å². The fraction of sp³-hybridized carbons (Fsp3) is 0.200. The van der Waals surface area contributed by atoms with Crippen LogP contribution in [-0.2, 0) is 17.9 Å². The van der Waals surface area contributed by atoms with Gasteiger partial charge in [0, 0.05) is 85.3 Å². The van der Waals surface area contributed by atoms with E-state index in [-0.39, 0.29) is 25.0 Å². The van der Waals surface area contributed by atoms with Gasteiger partial charge in [0.15, 0.2) is 0 Å². The second-order valence-corrected chi connectivity index (χ2v) is 11.6. The SMILES string of the molecule is COc1cc(OC)cc(N2Cc3cnc(Nc4ccc(N5C=CN(C)C=C5)cc4)nc3N(Cc3ccc(NC(=O)CCS)cc3)C2=O)c1. The monoisotopic (exact) mass is 664 g/mol. The highest BCUT2D eigenvalue weighted by molar-refractivity contribution is 7.80. The molecule has 1 aromatic heterocycles. The molecular formula is C35H36N8O4S. The number of thiol groups is 1. The van der Waals surface area contributed by atoms with Crippen LogP contribution in [0.4, 0.5) is 39.3 Å². The lowest BCUT2D eigenvalue weighted by molar-refractivity contribution is -0.115. The van der Waals surface area contributed by atoms with E-state index in [1.54, 1.807) is 48.4 Å². The van der Waals surface area contributed by atoms with Crippen LogP contribution in [0.25, 0.3) is 0 Å². The molecule has 0 saturated heterocycles. The highest BCUT2D eigenvalue weighted by atomic mass is 32.1. The highest BCUT2D eigenvalue weighted by Crippen LogP contribution is 2.36. The van der Waals surface area contributed by atoms with Gasteiger partial charge >= 0.3 is 6.03 Å². The standard InChI is InChI=1S/C35H36N8O4S/c1-40-13-15-41(16-14-40)28-10-8-27(9-11-28)38-34-36-21-25-23-42(29-18-30(46-2)20-31(19-29)47-3)35(45)43(33(25)39-34)22-24-4-6-26(7-5-24)37-32(44)12-17-48/h4-11,13-16,18-21,48H,12,17,22-23H2,1-3H3,(H,37,44)(H,36,38,39). The number of hydrogen-bond donors (Lipinski definition) is 3. The van der Waals surface area contributed by atoms with Gasteiger partial charge in [0.05, 0.1) is 33.0 Å². The topological polar surface area (TPSA) is 115 Å². The van der Waals surface area contributed by atoms with Gasteiger partial charge in [0.2, 0.25) is 11.9 Å². The van der Waals surface area contributed by atoms with Gasteiger partial charge in [-0.1, -0.05) is 12.1 Å². The summed E-state index contributed by atoms with van der Waals surface area (Å²) in [5.41, 5.74) is 4.70. The summed E-state index contributed by atoms with van der Waals surface area (Å²) in [6.07, 6.45) is 9.98. The summed E-state index contributed by atoms with van der Waals surface area (Å²) in [5, 5.41) is 6.15. The van der Waals surface area contributed by atoms with Gasteiger partial charge in [0.25, 0.3) is 0 Å². The van der Waals surface area contributed by atoms with Gasteiger partial charge in [-0.25, -0.2) is 9.78 Å². The molecule has 0 spiro atoms. The molecule has 3 amide bonds. The van der Waals surface area contributed by atoms with Gasteiger partial charge in [-0.3, -0.25) is 14.6 Å². The number of anilines is 6. The fourth-order valence-corrected chi connectivity index (χ4v) is 5.45. The molecule has 4 aromatic rings. The molecule has 2 aliphatic heterocycles. The summed E-state index contributed by atoms with van der Waals surface area (Å²) in [5.74, 6) is 2.34. The molecule has 0 bridgehead atoms. The zero-order valence-corrected chi connectivity index (χ0v) is 27.7. The van der Waals surface area contributed by atoms with Crippen molar-refractivity contribution in [3.8, 4) is 11.5 Å². The highest BCUT2D eigenvalue weighted by Gasteiger charge is 2.34. The van der Waals surface area contributed by atoms with Gasteiger partial charge in [-0.2, -0.15) is 17.6 Å². The van der Waals surface area contributed by atoms with Crippen molar-refractivity contribution in [1.29, 1.82) is 0 Å². The van der Waals surface area contributed by atoms with Crippen LogP contribution >= 0.6 is 12.6 Å². The number of benzene rings is 3. The number of urea groups is 1. The summed E-state index contributed by atoms with van der Waals surface area (Å²) in [6.45, 7) is 0.476. The summed E-state index contributed by atoms with van der Waals surface area (Å²) >= 11 is 4.13. The summed E-state index contributed by atoms with van der Waals surface area (Å²) in [6, 6.07) is 20.4. The molecule has 0 atom stereocenters. The van der Waals surface area contributed by atoms with Crippen LogP contribution in [0.15, 0.2) is 97.7 Å². The van der Waals surface area contributed by atoms with Crippen LogP contribution in [0.3, 0.4) is 0 Å². The molecule has 3 aromatic carbocycles. The quantitative estimate of drug-likeness (QED) is 0.158. The number of fused-ring (bicyclic) bond motifs is 1. The number of carbonyl (C=O) groups is 2. The molecule has 0 aliphatic carbocycles. The summed E-state index contributed by atoms with van der Waals surface area (Å²) in [4.78, 5) is 43.0. The zero-order chi connectivity index (χ0) is 33.6. The number of carbonyl (C=O) groups excluding carboxylic acids is 2. The molecule has 0 fully saturated rings. The molecule has 0 saturated carbocycles. The van der Waals surface area contributed by atoms with Crippen LogP contribution < -0.4 is 34.8 Å². The predicted octanol–water partition coefficient (Wildman–Crippen LogP) is 6.34. The van der Waals surface area contributed by atoms with E-state index >= 15 is 0 Å². The van der Waals surface area contributed by atoms with Gasteiger partial charge in [0.1, 0.15) is 17.3 Å². The number of ether oxygens (including phenoxy) is 2. The normalized spacial score (nSPS) is 13.8. The van der Waals surface area contributed by atoms with Crippen molar-refractivity contribution in [2.24, 2.45) is 0 Å². The molecule has 0 radical (unpaired) electrons. The number of nitrogens with one attached hydrogen (secondary N) is 2. The van der Waals surface area contributed by atoms with Crippen molar-refractivity contribution >= 4 is 59.1 Å². The molecule has 3 heterocycles. The zero-order valence-electron chi connectivity index (χ0n) is 26.8. The van der Waals surface area contributed by atoms with E-state index in [9.17, 15) is 9.59 Å². The smallest absolute Gasteiger partial charge is 0.330 e. The third kappa shape index (κ3) is 7.31. The number of rotatable bonds is 11. The van der Waals surface area contributed by atoms with Crippen molar-refractivity contribution < 1.29 is 19.1 Å². The Morgan fingerprint density at radius 2 is 1.56 bits per heavy atom. The fourth-order valence-electron chi connectivity index (χ4n) is 5.24. The molecule has 6 rings (SSSR count). The predicted molar refractivity (Wildman–Crippen MR) is 191 cm³/mol. The van der Waals surface area contributed by atoms with Crippen molar-refractivity contribution in [2.45, 2.75) is 19.5 Å². The van der Waals surface area contributed by atoms with E-state index in [1.165, 1.54) is 0 Å². The Morgan fingerprint density at radius 3 is 2.21 bits per heavy atom. The Morgan fingerprint density at radius 1 is 0.896 bits per heavy atom. The van der Waals surface area contributed by atoms with Gasteiger partial charge in [-0.15, -0.1) is 0 Å². The molecule has 246 valence electrons. The van der Waals surface area contributed by atoms with Crippen LogP contribution in [-0.4, -0.2) is 53.8 Å². The van der Waals surface area contributed by atoms with E-state index in [0.29, 0.717) is 46.8 Å². The van der Waals surface area contributed by atoms with Crippen LogP contribution in [0.2, 0.25) is 0 Å². The molecule has 12 nitrogen and oxygen atoms in total. The third-order valence-corrected chi connectivity index (χ3v) is 8.02. The van der Waals surface area contributed by atoms with Gasteiger partial charge < -0.3 is 29.9 Å². The largest absolute Gasteiger partial charge is 0.497 e. The van der Waals surface area contributed by atoms with Crippen molar-refractivity contribution in [3.05, 3.63) is 109 Å². The lowest BCUT2D eigenvalue weighted by Crippen LogP contribution is -2.47. The first-order chi connectivity index (χ1) is 23.3. The second kappa shape index (κ2) is 14.4. The Balaban J connectivity index is 1.29. The number of amides is 3. The van der Waals surface area contributed by atoms with Crippen molar-refractivity contribution in [3.63, 3.8) is 0 Å². The first-order valence-corrected chi connectivity index (χ1v) is 15.9. The number of nitrogens with zero attached hydrogens (tertiary/aromatic N) is 6. The maximum Gasteiger partial charge on any atom is 0.330 e. The van der Waals surface area contributed by atoms with Crippen LogP contribution in [0.1, 0.15) is 17.5 Å².